The Morgan fingerprint density at radius 3 is 2.11 bits per heavy atom. The number of rotatable bonds is 4. The van der Waals surface area contributed by atoms with Crippen molar-refractivity contribution in [3.8, 4) is 22.6 Å². The minimum Gasteiger partial charge on any atom is -0.493 e. The molecule has 3 heteroatoms. The Balaban J connectivity index is 1.76. The Kier molecular flexibility index (Phi) is 4.63. The highest BCUT2D eigenvalue weighted by molar-refractivity contribution is 5.64. The second-order valence-electron chi connectivity index (χ2n) is 7.11. The minimum atomic E-state index is -0.262. The average Bonchev–Trinajstić information content (AvgIpc) is 2.74. The Labute approximate surface area is 161 Å². The van der Waals surface area contributed by atoms with Crippen molar-refractivity contribution in [1.82, 2.24) is 5.32 Å². The van der Waals surface area contributed by atoms with E-state index in [9.17, 15) is 0 Å². The van der Waals surface area contributed by atoms with Gasteiger partial charge in [-0.25, -0.2) is 0 Å². The van der Waals surface area contributed by atoms with E-state index < -0.39 is 0 Å². The summed E-state index contributed by atoms with van der Waals surface area (Å²) in [6, 6.07) is 23.6. The summed E-state index contributed by atoms with van der Waals surface area (Å²) in [5.41, 5.74) is 6.00. The highest BCUT2D eigenvalue weighted by Crippen LogP contribution is 2.41. The van der Waals surface area contributed by atoms with Gasteiger partial charge in [0.1, 0.15) is 0 Å². The molecule has 0 bridgehead atoms. The van der Waals surface area contributed by atoms with Crippen molar-refractivity contribution >= 4 is 0 Å². The van der Waals surface area contributed by atoms with Gasteiger partial charge in [-0.2, -0.15) is 0 Å². The van der Waals surface area contributed by atoms with Crippen molar-refractivity contribution in [3.05, 3.63) is 83.4 Å². The molecule has 1 N–H and O–H groups in total. The summed E-state index contributed by atoms with van der Waals surface area (Å²) in [4.78, 5) is 0. The molecule has 0 radical (unpaired) electrons. The van der Waals surface area contributed by atoms with Gasteiger partial charge in [0.05, 0.1) is 19.8 Å². The summed E-state index contributed by atoms with van der Waals surface area (Å²) in [6.07, 6.45) is 0.980. The lowest BCUT2D eigenvalue weighted by molar-refractivity contribution is 0.348. The third kappa shape index (κ3) is 3.08. The van der Waals surface area contributed by atoms with Crippen molar-refractivity contribution in [2.45, 2.75) is 18.9 Å². The van der Waals surface area contributed by atoms with Crippen molar-refractivity contribution in [1.29, 1.82) is 0 Å². The van der Waals surface area contributed by atoms with Crippen molar-refractivity contribution in [2.75, 3.05) is 20.8 Å². The molecule has 3 aromatic rings. The monoisotopic (exact) mass is 359 g/mol. The minimum absolute atomic E-state index is 0.262. The molecule has 1 unspecified atom stereocenters. The van der Waals surface area contributed by atoms with Crippen molar-refractivity contribution in [3.63, 3.8) is 0 Å². The highest BCUT2D eigenvalue weighted by Gasteiger charge is 2.34. The SMILES string of the molecule is COc1cc2c(cc1OC)C(C)(c1ccc(-c3ccccc3)cc1)NCC2. The molecule has 0 fully saturated rings. The van der Waals surface area contributed by atoms with E-state index in [-0.39, 0.29) is 5.54 Å². The normalized spacial score (nSPS) is 18.6. The number of methoxy groups -OCH3 is 2. The van der Waals surface area contributed by atoms with Crippen LogP contribution in [0.4, 0.5) is 0 Å². The Morgan fingerprint density at radius 1 is 0.815 bits per heavy atom. The summed E-state index contributed by atoms with van der Waals surface area (Å²) < 4.78 is 11.1. The molecule has 4 rings (SSSR count). The Morgan fingerprint density at radius 2 is 1.44 bits per heavy atom. The number of ether oxygens (including phenoxy) is 2. The van der Waals surface area contributed by atoms with Gasteiger partial charge in [0, 0.05) is 6.54 Å². The summed E-state index contributed by atoms with van der Waals surface area (Å²) in [6.45, 7) is 3.17. The van der Waals surface area contributed by atoms with Crippen LogP contribution in [0, 0.1) is 0 Å². The van der Waals surface area contributed by atoms with Crippen LogP contribution in [0.3, 0.4) is 0 Å². The fourth-order valence-corrected chi connectivity index (χ4v) is 4.02. The van der Waals surface area contributed by atoms with E-state index >= 15 is 0 Å². The maximum Gasteiger partial charge on any atom is 0.161 e. The topological polar surface area (TPSA) is 30.5 Å². The first-order valence-electron chi connectivity index (χ1n) is 9.32. The van der Waals surface area contributed by atoms with Gasteiger partial charge < -0.3 is 14.8 Å². The lowest BCUT2D eigenvalue weighted by Crippen LogP contribution is -2.45. The molecule has 0 saturated carbocycles. The zero-order valence-corrected chi connectivity index (χ0v) is 16.1. The quantitative estimate of drug-likeness (QED) is 0.727. The maximum atomic E-state index is 5.56. The summed E-state index contributed by atoms with van der Waals surface area (Å²) in [7, 11) is 3.37. The van der Waals surface area contributed by atoms with Gasteiger partial charge in [-0.1, -0.05) is 54.6 Å². The summed E-state index contributed by atoms with van der Waals surface area (Å²) in [5, 5.41) is 3.72. The third-order valence-corrected chi connectivity index (χ3v) is 5.59. The molecule has 1 aliphatic heterocycles. The molecule has 0 saturated heterocycles. The van der Waals surface area contributed by atoms with E-state index in [1.165, 1.54) is 27.8 Å². The molecule has 27 heavy (non-hydrogen) atoms. The van der Waals surface area contributed by atoms with Gasteiger partial charge in [-0.05, 0) is 53.3 Å². The molecule has 3 aromatic carbocycles. The van der Waals surface area contributed by atoms with E-state index in [2.05, 4.69) is 72.9 Å². The first kappa shape index (κ1) is 17.6. The fraction of sp³-hybridized carbons (Fsp3) is 0.250. The van der Waals surface area contributed by atoms with Crippen LogP contribution in [0.1, 0.15) is 23.6 Å². The second-order valence-corrected chi connectivity index (χ2v) is 7.11. The van der Waals surface area contributed by atoms with Crippen LogP contribution in [0.25, 0.3) is 11.1 Å². The number of benzene rings is 3. The van der Waals surface area contributed by atoms with E-state index in [4.69, 9.17) is 9.47 Å². The van der Waals surface area contributed by atoms with Gasteiger partial charge in [-0.3, -0.25) is 0 Å². The first-order valence-corrected chi connectivity index (χ1v) is 9.32. The highest BCUT2D eigenvalue weighted by atomic mass is 16.5. The van der Waals surface area contributed by atoms with E-state index in [1.54, 1.807) is 14.2 Å². The zero-order chi connectivity index (χ0) is 18.9. The van der Waals surface area contributed by atoms with Gasteiger partial charge in [0.25, 0.3) is 0 Å². The number of nitrogens with one attached hydrogen (secondary N) is 1. The van der Waals surface area contributed by atoms with Crippen LogP contribution in [0.15, 0.2) is 66.7 Å². The van der Waals surface area contributed by atoms with Gasteiger partial charge in [0.15, 0.2) is 11.5 Å². The van der Waals surface area contributed by atoms with Gasteiger partial charge >= 0.3 is 0 Å². The average molecular weight is 359 g/mol. The molecule has 1 atom stereocenters. The van der Waals surface area contributed by atoms with Crippen LogP contribution in [0.5, 0.6) is 11.5 Å². The van der Waals surface area contributed by atoms with Crippen molar-refractivity contribution in [2.24, 2.45) is 0 Å². The molecule has 1 heterocycles. The van der Waals surface area contributed by atoms with Gasteiger partial charge in [0.2, 0.25) is 0 Å². The summed E-state index contributed by atoms with van der Waals surface area (Å²) in [5.74, 6) is 1.56. The first-order chi connectivity index (χ1) is 13.2. The predicted molar refractivity (Wildman–Crippen MR) is 110 cm³/mol. The lowest BCUT2D eigenvalue weighted by atomic mass is 9.78. The van der Waals surface area contributed by atoms with Crippen LogP contribution in [-0.2, 0) is 12.0 Å². The molecule has 0 aromatic heterocycles. The molecule has 0 spiro atoms. The molecule has 3 nitrogen and oxygen atoms in total. The second kappa shape index (κ2) is 7.09. The number of fused-ring (bicyclic) bond motifs is 1. The largest absolute Gasteiger partial charge is 0.493 e. The molecule has 138 valence electrons. The molecular formula is C24H25NO2. The standard InChI is InChI=1S/C24H25NO2/c1-24(20-11-9-18(10-12-20)17-7-5-4-6-8-17)21-16-23(27-3)22(26-2)15-19(21)13-14-25-24/h4-12,15-16,25H,13-14H2,1-3H3. The molecule has 0 amide bonds. The van der Waals surface area contributed by atoms with E-state index in [1.807, 2.05) is 6.07 Å². The predicted octanol–water partition coefficient (Wildman–Crippen LogP) is 4.78. The number of hydrogen-bond donors (Lipinski definition) is 1. The Hall–Kier alpha value is -2.78. The zero-order valence-electron chi connectivity index (χ0n) is 16.1. The number of hydrogen-bond acceptors (Lipinski definition) is 3. The van der Waals surface area contributed by atoms with Crippen LogP contribution < -0.4 is 14.8 Å². The summed E-state index contributed by atoms with van der Waals surface area (Å²) >= 11 is 0. The van der Waals surface area contributed by atoms with Crippen molar-refractivity contribution < 1.29 is 9.47 Å². The van der Waals surface area contributed by atoms with Gasteiger partial charge in [-0.15, -0.1) is 0 Å². The lowest BCUT2D eigenvalue weighted by Gasteiger charge is -2.38. The smallest absolute Gasteiger partial charge is 0.161 e. The van der Waals surface area contributed by atoms with Crippen LogP contribution in [0.2, 0.25) is 0 Å². The van der Waals surface area contributed by atoms with E-state index in [0.29, 0.717) is 0 Å². The maximum absolute atomic E-state index is 5.56. The molecule has 0 aliphatic carbocycles. The molecular weight excluding hydrogens is 334 g/mol. The van der Waals surface area contributed by atoms with E-state index in [0.717, 1.165) is 24.5 Å². The van der Waals surface area contributed by atoms with Crippen LogP contribution >= 0.6 is 0 Å². The van der Waals surface area contributed by atoms with Crippen LogP contribution in [-0.4, -0.2) is 20.8 Å². The third-order valence-electron chi connectivity index (χ3n) is 5.59. The molecule has 1 aliphatic rings. The fourth-order valence-electron chi connectivity index (χ4n) is 4.02. The Bertz CT molecular complexity index is 935.